The van der Waals surface area contributed by atoms with Crippen LogP contribution in [0, 0.1) is 0 Å². The molecular formula is C13H12N2O2. The molecule has 2 aromatic carbocycles. The van der Waals surface area contributed by atoms with Crippen molar-refractivity contribution in [1.82, 2.24) is 0 Å². The van der Waals surface area contributed by atoms with Crippen molar-refractivity contribution in [3.05, 3.63) is 48.5 Å². The molecule has 17 heavy (non-hydrogen) atoms. The molecule has 0 bridgehead atoms. The number of hydrogen-bond donors (Lipinski definition) is 2. The van der Waals surface area contributed by atoms with Gasteiger partial charge in [-0.05, 0) is 23.8 Å². The molecule has 4 N–H and O–H groups in total. The molecule has 0 saturated carbocycles. The number of para-hydroxylation sites is 1. The van der Waals surface area contributed by atoms with Crippen LogP contribution in [0.4, 0.5) is 10.5 Å². The smallest absolute Gasteiger partial charge is 0.409 e. The van der Waals surface area contributed by atoms with E-state index in [1.807, 2.05) is 30.3 Å². The van der Waals surface area contributed by atoms with Crippen LogP contribution >= 0.6 is 0 Å². The van der Waals surface area contributed by atoms with E-state index < -0.39 is 6.09 Å². The Morgan fingerprint density at radius 1 is 1.06 bits per heavy atom. The largest absolute Gasteiger partial charge is 0.410 e. The van der Waals surface area contributed by atoms with Gasteiger partial charge >= 0.3 is 6.09 Å². The SMILES string of the molecule is NC(=O)Oc1ccccc1-c1cccc(N)c1. The second-order valence-corrected chi connectivity index (χ2v) is 3.54. The molecule has 0 fully saturated rings. The summed E-state index contributed by atoms with van der Waals surface area (Å²) < 4.78 is 4.94. The van der Waals surface area contributed by atoms with Crippen molar-refractivity contribution in [3.63, 3.8) is 0 Å². The van der Waals surface area contributed by atoms with Gasteiger partial charge in [-0.3, -0.25) is 0 Å². The third-order valence-electron chi connectivity index (χ3n) is 2.30. The molecule has 0 aliphatic heterocycles. The molecule has 0 aliphatic rings. The lowest BCUT2D eigenvalue weighted by Gasteiger charge is -2.08. The first kappa shape index (κ1) is 11.0. The minimum Gasteiger partial charge on any atom is -0.410 e. The number of nitrogens with two attached hydrogens (primary N) is 2. The normalized spacial score (nSPS) is 9.88. The van der Waals surface area contributed by atoms with Gasteiger partial charge in [0.15, 0.2) is 0 Å². The maximum absolute atomic E-state index is 10.8. The molecule has 0 spiro atoms. The molecule has 0 aromatic heterocycles. The van der Waals surface area contributed by atoms with Crippen molar-refractivity contribution in [1.29, 1.82) is 0 Å². The van der Waals surface area contributed by atoms with Crippen molar-refractivity contribution in [2.45, 2.75) is 0 Å². The molecule has 0 unspecified atom stereocenters. The number of carbonyl (C=O) groups excluding carboxylic acids is 1. The Bertz CT molecular complexity index is 553. The van der Waals surface area contributed by atoms with Gasteiger partial charge in [0.1, 0.15) is 5.75 Å². The van der Waals surface area contributed by atoms with E-state index in [1.54, 1.807) is 18.2 Å². The second-order valence-electron chi connectivity index (χ2n) is 3.54. The summed E-state index contributed by atoms with van der Waals surface area (Å²) in [7, 11) is 0. The highest BCUT2D eigenvalue weighted by atomic mass is 16.5. The molecule has 2 rings (SSSR count). The predicted molar refractivity (Wildman–Crippen MR) is 66.5 cm³/mol. The van der Waals surface area contributed by atoms with E-state index in [2.05, 4.69) is 0 Å². The lowest BCUT2D eigenvalue weighted by molar-refractivity contribution is 0.211. The van der Waals surface area contributed by atoms with Crippen LogP contribution in [0.2, 0.25) is 0 Å². The van der Waals surface area contributed by atoms with Crippen LogP contribution in [0.5, 0.6) is 5.75 Å². The molecule has 86 valence electrons. The Morgan fingerprint density at radius 2 is 1.82 bits per heavy atom. The zero-order chi connectivity index (χ0) is 12.3. The molecule has 0 heterocycles. The van der Waals surface area contributed by atoms with Gasteiger partial charge in [0, 0.05) is 11.3 Å². The Hall–Kier alpha value is -2.49. The zero-order valence-corrected chi connectivity index (χ0v) is 9.09. The van der Waals surface area contributed by atoms with Gasteiger partial charge in [0.05, 0.1) is 0 Å². The lowest BCUT2D eigenvalue weighted by atomic mass is 10.0. The summed E-state index contributed by atoms with van der Waals surface area (Å²) in [4.78, 5) is 10.8. The fourth-order valence-electron chi connectivity index (χ4n) is 1.61. The second kappa shape index (κ2) is 4.57. The van der Waals surface area contributed by atoms with Crippen molar-refractivity contribution < 1.29 is 9.53 Å². The zero-order valence-electron chi connectivity index (χ0n) is 9.09. The van der Waals surface area contributed by atoms with Crippen LogP contribution in [0.3, 0.4) is 0 Å². The predicted octanol–water partition coefficient (Wildman–Crippen LogP) is 2.39. The van der Waals surface area contributed by atoms with Gasteiger partial charge < -0.3 is 16.2 Å². The standard InChI is InChI=1S/C13H12N2O2/c14-10-5-3-4-9(8-10)11-6-1-2-7-12(11)17-13(15)16/h1-8H,14H2,(H2,15,16). The third kappa shape index (κ3) is 2.55. The number of hydrogen-bond acceptors (Lipinski definition) is 3. The van der Waals surface area contributed by atoms with Gasteiger partial charge in [-0.2, -0.15) is 0 Å². The van der Waals surface area contributed by atoms with E-state index in [0.29, 0.717) is 11.4 Å². The number of amides is 1. The minimum atomic E-state index is -0.832. The molecule has 0 radical (unpaired) electrons. The van der Waals surface area contributed by atoms with Gasteiger partial charge in [-0.15, -0.1) is 0 Å². The summed E-state index contributed by atoms with van der Waals surface area (Å²) in [5, 5.41) is 0. The van der Waals surface area contributed by atoms with E-state index in [-0.39, 0.29) is 0 Å². The van der Waals surface area contributed by atoms with Crippen LogP contribution in [-0.2, 0) is 0 Å². The van der Waals surface area contributed by atoms with Crippen LogP contribution in [0.1, 0.15) is 0 Å². The third-order valence-corrected chi connectivity index (χ3v) is 2.30. The van der Waals surface area contributed by atoms with E-state index in [4.69, 9.17) is 16.2 Å². The molecule has 4 heteroatoms. The Labute approximate surface area is 98.8 Å². The average molecular weight is 228 g/mol. The van der Waals surface area contributed by atoms with E-state index in [1.165, 1.54) is 0 Å². The highest BCUT2D eigenvalue weighted by Crippen LogP contribution is 2.30. The van der Waals surface area contributed by atoms with E-state index in [9.17, 15) is 4.79 Å². The van der Waals surface area contributed by atoms with Crippen LogP contribution < -0.4 is 16.2 Å². The van der Waals surface area contributed by atoms with Crippen LogP contribution in [0.15, 0.2) is 48.5 Å². The van der Waals surface area contributed by atoms with Gasteiger partial charge in [-0.1, -0.05) is 30.3 Å². The van der Waals surface area contributed by atoms with Crippen molar-refractivity contribution >= 4 is 11.8 Å². The summed E-state index contributed by atoms with van der Waals surface area (Å²) in [6.07, 6.45) is -0.832. The first-order valence-corrected chi connectivity index (χ1v) is 5.09. The summed E-state index contributed by atoms with van der Waals surface area (Å²) in [5.41, 5.74) is 13.0. The van der Waals surface area contributed by atoms with Crippen molar-refractivity contribution in [2.75, 3.05) is 5.73 Å². The quantitative estimate of drug-likeness (QED) is 0.774. The Morgan fingerprint density at radius 3 is 2.53 bits per heavy atom. The number of anilines is 1. The number of rotatable bonds is 2. The number of ether oxygens (including phenoxy) is 1. The lowest BCUT2D eigenvalue weighted by Crippen LogP contribution is -2.16. The first-order chi connectivity index (χ1) is 8.16. The number of nitrogen functional groups attached to an aromatic ring is 1. The van der Waals surface area contributed by atoms with Crippen molar-refractivity contribution in [3.8, 4) is 16.9 Å². The Balaban J connectivity index is 2.47. The molecule has 0 aliphatic carbocycles. The summed E-state index contributed by atoms with van der Waals surface area (Å²) in [6, 6.07) is 14.5. The monoisotopic (exact) mass is 228 g/mol. The highest BCUT2D eigenvalue weighted by molar-refractivity contribution is 5.77. The van der Waals surface area contributed by atoms with Crippen LogP contribution in [-0.4, -0.2) is 6.09 Å². The molecule has 0 atom stereocenters. The van der Waals surface area contributed by atoms with Gasteiger partial charge in [-0.25, -0.2) is 4.79 Å². The molecule has 2 aromatic rings. The summed E-state index contributed by atoms with van der Waals surface area (Å²) in [5.74, 6) is 0.422. The molecular weight excluding hydrogens is 216 g/mol. The van der Waals surface area contributed by atoms with E-state index in [0.717, 1.165) is 11.1 Å². The maximum Gasteiger partial charge on any atom is 0.409 e. The average Bonchev–Trinajstić information content (AvgIpc) is 2.29. The number of primary amides is 1. The topological polar surface area (TPSA) is 78.3 Å². The molecule has 4 nitrogen and oxygen atoms in total. The van der Waals surface area contributed by atoms with Gasteiger partial charge in [0.25, 0.3) is 0 Å². The number of benzene rings is 2. The Kier molecular flexibility index (Phi) is 2.96. The minimum absolute atomic E-state index is 0.422. The van der Waals surface area contributed by atoms with Crippen LogP contribution in [0.25, 0.3) is 11.1 Å². The number of carbonyl (C=O) groups is 1. The fourth-order valence-corrected chi connectivity index (χ4v) is 1.61. The highest BCUT2D eigenvalue weighted by Gasteiger charge is 2.07. The molecule has 0 saturated heterocycles. The van der Waals surface area contributed by atoms with Crippen molar-refractivity contribution in [2.24, 2.45) is 5.73 Å². The van der Waals surface area contributed by atoms with E-state index >= 15 is 0 Å². The summed E-state index contributed by atoms with van der Waals surface area (Å²) >= 11 is 0. The first-order valence-electron chi connectivity index (χ1n) is 5.09. The summed E-state index contributed by atoms with van der Waals surface area (Å²) in [6.45, 7) is 0. The fraction of sp³-hybridized carbons (Fsp3) is 0. The maximum atomic E-state index is 10.8. The van der Waals surface area contributed by atoms with Gasteiger partial charge in [0.2, 0.25) is 0 Å². The molecule has 1 amide bonds.